The van der Waals surface area contributed by atoms with Gasteiger partial charge in [0.15, 0.2) is 0 Å². The molecule has 2 aromatic heterocycles. The maximum atomic E-state index is 4.72. The Morgan fingerprint density at radius 3 is 3.00 bits per heavy atom. The summed E-state index contributed by atoms with van der Waals surface area (Å²) in [6, 6.07) is 1.95. The molecular formula is C12H15N3S. The molecule has 0 atom stereocenters. The fraction of sp³-hybridized carbons (Fsp3) is 0.500. The smallest absolute Gasteiger partial charge is 0.0960 e. The first-order valence-corrected chi connectivity index (χ1v) is 6.71. The van der Waals surface area contributed by atoms with E-state index in [4.69, 9.17) is 4.98 Å². The Morgan fingerprint density at radius 2 is 2.25 bits per heavy atom. The second-order valence-electron chi connectivity index (χ2n) is 4.36. The minimum absolute atomic E-state index is 0.733. The molecule has 1 aliphatic rings. The van der Waals surface area contributed by atoms with Crippen molar-refractivity contribution < 1.29 is 0 Å². The van der Waals surface area contributed by atoms with Crippen molar-refractivity contribution in [3.05, 3.63) is 34.5 Å². The Labute approximate surface area is 99.1 Å². The zero-order valence-corrected chi connectivity index (χ0v) is 9.99. The van der Waals surface area contributed by atoms with E-state index in [-0.39, 0.29) is 0 Å². The molecule has 0 radical (unpaired) electrons. The molecule has 0 bridgehead atoms. The molecule has 0 aromatic carbocycles. The molecule has 3 nitrogen and oxygen atoms in total. The number of aromatic nitrogens is 3. The Bertz CT molecular complexity index is 441. The molecule has 3 rings (SSSR count). The molecule has 16 heavy (non-hydrogen) atoms. The highest BCUT2D eigenvalue weighted by molar-refractivity contribution is 7.09. The van der Waals surface area contributed by atoms with Gasteiger partial charge in [-0.15, -0.1) is 11.3 Å². The fourth-order valence-electron chi connectivity index (χ4n) is 2.32. The number of hydrogen-bond donors (Lipinski definition) is 0. The fourth-order valence-corrected chi connectivity index (χ4v) is 3.30. The molecule has 1 aliphatic carbocycles. The molecule has 2 heterocycles. The molecular weight excluding hydrogens is 218 g/mol. The SMILES string of the molecule is c1cnn(Cc2csc(C3CCCC3)n2)c1. The van der Waals surface area contributed by atoms with E-state index in [0.29, 0.717) is 0 Å². The highest BCUT2D eigenvalue weighted by Crippen LogP contribution is 2.35. The highest BCUT2D eigenvalue weighted by atomic mass is 32.1. The first kappa shape index (κ1) is 10.0. The quantitative estimate of drug-likeness (QED) is 0.815. The Hall–Kier alpha value is -1.16. The molecule has 1 fully saturated rings. The lowest BCUT2D eigenvalue weighted by Crippen LogP contribution is -2.00. The number of hydrogen-bond acceptors (Lipinski definition) is 3. The summed E-state index contributed by atoms with van der Waals surface area (Å²) in [7, 11) is 0. The van der Waals surface area contributed by atoms with Crippen LogP contribution in [-0.2, 0) is 6.54 Å². The van der Waals surface area contributed by atoms with Gasteiger partial charge in [-0.05, 0) is 18.9 Å². The second kappa shape index (κ2) is 4.37. The summed E-state index contributed by atoms with van der Waals surface area (Å²) in [5.74, 6) is 0.733. The van der Waals surface area contributed by atoms with Crippen LogP contribution in [0, 0.1) is 0 Å². The maximum Gasteiger partial charge on any atom is 0.0960 e. The lowest BCUT2D eigenvalue weighted by Gasteiger charge is -2.02. The van der Waals surface area contributed by atoms with E-state index in [1.807, 2.05) is 34.5 Å². The van der Waals surface area contributed by atoms with Gasteiger partial charge in [0.25, 0.3) is 0 Å². The summed E-state index contributed by atoms with van der Waals surface area (Å²) in [5, 5.41) is 7.71. The van der Waals surface area contributed by atoms with Crippen LogP contribution in [0.4, 0.5) is 0 Å². The Morgan fingerprint density at radius 1 is 1.38 bits per heavy atom. The van der Waals surface area contributed by atoms with Crippen molar-refractivity contribution in [1.82, 2.24) is 14.8 Å². The van der Waals surface area contributed by atoms with E-state index in [2.05, 4.69) is 10.5 Å². The molecule has 4 heteroatoms. The summed E-state index contributed by atoms with van der Waals surface area (Å²) in [4.78, 5) is 4.72. The lowest BCUT2D eigenvalue weighted by molar-refractivity contribution is 0.663. The summed E-state index contributed by atoms with van der Waals surface area (Å²) < 4.78 is 1.92. The standard InChI is InChI=1S/C12H15N3S/c1-2-5-10(4-1)12-14-11(9-16-12)8-15-7-3-6-13-15/h3,6-7,9-10H,1-2,4-5,8H2. The summed E-state index contributed by atoms with van der Waals surface area (Å²) in [6.45, 7) is 0.802. The predicted octanol–water partition coefficient (Wildman–Crippen LogP) is 3.05. The van der Waals surface area contributed by atoms with Gasteiger partial charge in [0.05, 0.1) is 17.2 Å². The summed E-state index contributed by atoms with van der Waals surface area (Å²) >= 11 is 1.82. The molecule has 2 aromatic rings. The third kappa shape index (κ3) is 2.02. The van der Waals surface area contributed by atoms with Crippen LogP contribution in [0.15, 0.2) is 23.8 Å². The van der Waals surface area contributed by atoms with E-state index in [9.17, 15) is 0 Å². The van der Waals surface area contributed by atoms with Gasteiger partial charge in [-0.25, -0.2) is 4.98 Å². The van der Waals surface area contributed by atoms with Gasteiger partial charge in [0.1, 0.15) is 0 Å². The van der Waals surface area contributed by atoms with Crippen LogP contribution in [0.5, 0.6) is 0 Å². The van der Waals surface area contributed by atoms with Gasteiger partial charge in [-0.1, -0.05) is 12.8 Å². The summed E-state index contributed by atoms with van der Waals surface area (Å²) in [5.41, 5.74) is 1.15. The Balaban J connectivity index is 1.72. The van der Waals surface area contributed by atoms with E-state index in [1.165, 1.54) is 30.7 Å². The average molecular weight is 233 g/mol. The van der Waals surface area contributed by atoms with Crippen molar-refractivity contribution in [3.63, 3.8) is 0 Å². The molecule has 0 unspecified atom stereocenters. The molecule has 0 spiro atoms. The van der Waals surface area contributed by atoms with Crippen LogP contribution in [0.1, 0.15) is 42.3 Å². The molecule has 0 aliphatic heterocycles. The van der Waals surface area contributed by atoms with Gasteiger partial charge in [-0.3, -0.25) is 4.68 Å². The van der Waals surface area contributed by atoms with E-state index >= 15 is 0 Å². The number of thiazole rings is 1. The van der Waals surface area contributed by atoms with E-state index < -0.39 is 0 Å². The van der Waals surface area contributed by atoms with Gasteiger partial charge < -0.3 is 0 Å². The minimum Gasteiger partial charge on any atom is -0.267 e. The monoisotopic (exact) mass is 233 g/mol. The summed E-state index contributed by atoms with van der Waals surface area (Å²) in [6.07, 6.45) is 9.19. The van der Waals surface area contributed by atoms with Gasteiger partial charge in [0, 0.05) is 23.7 Å². The zero-order valence-electron chi connectivity index (χ0n) is 9.17. The molecule has 0 amide bonds. The van der Waals surface area contributed by atoms with Gasteiger partial charge in [-0.2, -0.15) is 5.10 Å². The predicted molar refractivity (Wildman–Crippen MR) is 64.7 cm³/mol. The number of rotatable bonds is 3. The molecule has 84 valence electrons. The largest absolute Gasteiger partial charge is 0.267 e. The van der Waals surface area contributed by atoms with Crippen LogP contribution >= 0.6 is 11.3 Å². The van der Waals surface area contributed by atoms with Gasteiger partial charge in [0.2, 0.25) is 0 Å². The van der Waals surface area contributed by atoms with E-state index in [1.54, 1.807) is 0 Å². The molecule has 0 saturated heterocycles. The van der Waals surface area contributed by atoms with Gasteiger partial charge >= 0.3 is 0 Å². The minimum atomic E-state index is 0.733. The first-order valence-electron chi connectivity index (χ1n) is 5.83. The van der Waals surface area contributed by atoms with Crippen molar-refractivity contribution in [3.8, 4) is 0 Å². The van der Waals surface area contributed by atoms with Crippen LogP contribution in [0.25, 0.3) is 0 Å². The van der Waals surface area contributed by atoms with Crippen LogP contribution < -0.4 is 0 Å². The van der Waals surface area contributed by atoms with Crippen molar-refractivity contribution >= 4 is 11.3 Å². The third-order valence-electron chi connectivity index (χ3n) is 3.16. The van der Waals surface area contributed by atoms with Crippen LogP contribution in [0.3, 0.4) is 0 Å². The maximum absolute atomic E-state index is 4.72. The van der Waals surface area contributed by atoms with Crippen molar-refractivity contribution in [2.45, 2.75) is 38.1 Å². The van der Waals surface area contributed by atoms with Crippen LogP contribution in [-0.4, -0.2) is 14.8 Å². The van der Waals surface area contributed by atoms with Crippen LogP contribution in [0.2, 0.25) is 0 Å². The molecule has 1 saturated carbocycles. The third-order valence-corrected chi connectivity index (χ3v) is 4.21. The first-order chi connectivity index (χ1) is 7.92. The number of nitrogens with zero attached hydrogens (tertiary/aromatic N) is 3. The second-order valence-corrected chi connectivity index (χ2v) is 5.25. The lowest BCUT2D eigenvalue weighted by atomic mass is 10.1. The topological polar surface area (TPSA) is 30.7 Å². The highest BCUT2D eigenvalue weighted by Gasteiger charge is 2.19. The zero-order chi connectivity index (χ0) is 10.8. The average Bonchev–Trinajstić information content (AvgIpc) is 2.99. The van der Waals surface area contributed by atoms with E-state index in [0.717, 1.165) is 18.2 Å². The normalized spacial score (nSPS) is 17.0. The van der Waals surface area contributed by atoms with Crippen molar-refractivity contribution in [2.24, 2.45) is 0 Å². The van der Waals surface area contributed by atoms with Crippen molar-refractivity contribution in [1.29, 1.82) is 0 Å². The van der Waals surface area contributed by atoms with Crippen molar-refractivity contribution in [2.75, 3.05) is 0 Å². The Kier molecular flexibility index (Phi) is 2.74. The molecule has 0 N–H and O–H groups in total.